The summed E-state index contributed by atoms with van der Waals surface area (Å²) < 4.78 is 0. The fraction of sp³-hybridized carbons (Fsp3) is 1.00. The van der Waals surface area contributed by atoms with E-state index in [-0.39, 0.29) is 70.1 Å². The van der Waals surface area contributed by atoms with E-state index < -0.39 is 0 Å². The van der Waals surface area contributed by atoms with Crippen LogP contribution < -0.4 is 0 Å². The molecule has 204 valence electrons. The van der Waals surface area contributed by atoms with Crippen molar-refractivity contribution in [1.29, 1.82) is 0 Å². The van der Waals surface area contributed by atoms with Crippen molar-refractivity contribution in [3.05, 3.63) is 0 Å². The van der Waals surface area contributed by atoms with Crippen molar-refractivity contribution in [2.45, 2.75) is 159 Å². The Kier molecular flexibility index (Phi) is 31.7. The molecular formula is C24H60N4O4Ti. The molecule has 0 amide bonds. The Hall–Kier alpha value is 0.394. The van der Waals surface area contributed by atoms with Gasteiger partial charge in [0.2, 0.25) is 0 Å². The largest absolute Gasteiger partial charge is 0.313 e. The van der Waals surface area contributed by atoms with Crippen LogP contribution in [0.4, 0.5) is 0 Å². The second kappa shape index (κ2) is 24.1. The van der Waals surface area contributed by atoms with Gasteiger partial charge in [-0.25, -0.2) is 0 Å². The molecule has 0 saturated carbocycles. The molecule has 0 unspecified atom stereocenters. The van der Waals surface area contributed by atoms with Crippen LogP contribution in [0.25, 0.3) is 0 Å². The fourth-order valence-corrected chi connectivity index (χ4v) is 2.39. The molecule has 0 aromatic heterocycles. The first-order valence-corrected chi connectivity index (χ1v) is 12.1. The predicted octanol–water partition coefficient (Wildman–Crippen LogP) is 5.98. The SMILES string of the molecule is CC(C)N(O)C(C)C.CC(C)N(O)C(C)C.CC(C)N(O)C(C)C.CC(C)N(O)C(C)C.[Ti]. The third kappa shape index (κ3) is 28.5. The molecule has 0 bridgehead atoms. The maximum Gasteiger partial charge on any atom is 0.0296 e. The summed E-state index contributed by atoms with van der Waals surface area (Å²) >= 11 is 0. The molecule has 0 atom stereocenters. The minimum atomic E-state index is 0. The smallest absolute Gasteiger partial charge is 0.0296 e. The van der Waals surface area contributed by atoms with Crippen molar-refractivity contribution in [3.63, 3.8) is 0 Å². The normalized spacial score (nSPS) is 11.6. The van der Waals surface area contributed by atoms with Gasteiger partial charge in [-0.2, -0.15) is 20.3 Å². The number of hydrogen-bond acceptors (Lipinski definition) is 8. The molecule has 4 N–H and O–H groups in total. The molecule has 33 heavy (non-hydrogen) atoms. The summed E-state index contributed by atoms with van der Waals surface area (Å²) in [5, 5.41) is 41.5. The standard InChI is InChI=1S/4C6H15NO.Ti/c4*1-5(2)7(8)6(3)4;/h4*5-6,8H,1-4H3;. The Bertz CT molecular complexity index is 293. The van der Waals surface area contributed by atoms with E-state index in [1.807, 2.05) is 111 Å². The Morgan fingerprint density at radius 3 is 0.333 bits per heavy atom. The van der Waals surface area contributed by atoms with Gasteiger partial charge >= 0.3 is 0 Å². The fourth-order valence-electron chi connectivity index (χ4n) is 2.39. The van der Waals surface area contributed by atoms with Crippen molar-refractivity contribution >= 4 is 0 Å². The zero-order chi connectivity index (χ0) is 26.9. The van der Waals surface area contributed by atoms with Crippen LogP contribution in [0.1, 0.15) is 111 Å². The van der Waals surface area contributed by atoms with E-state index >= 15 is 0 Å². The van der Waals surface area contributed by atoms with Gasteiger partial charge in [0.25, 0.3) is 0 Å². The summed E-state index contributed by atoms with van der Waals surface area (Å²) in [4.78, 5) is 0. The summed E-state index contributed by atoms with van der Waals surface area (Å²) in [5.74, 6) is 0. The van der Waals surface area contributed by atoms with E-state index in [0.29, 0.717) is 0 Å². The van der Waals surface area contributed by atoms with Crippen LogP contribution >= 0.6 is 0 Å². The molecular weight excluding hydrogens is 456 g/mol. The molecule has 0 saturated heterocycles. The van der Waals surface area contributed by atoms with Crippen molar-refractivity contribution in [3.8, 4) is 0 Å². The van der Waals surface area contributed by atoms with Gasteiger partial charge in [-0.15, -0.1) is 0 Å². The molecule has 0 aromatic rings. The molecule has 0 aliphatic heterocycles. The van der Waals surface area contributed by atoms with Crippen molar-refractivity contribution in [2.24, 2.45) is 0 Å². The Morgan fingerprint density at radius 2 is 0.333 bits per heavy atom. The third-order valence-corrected chi connectivity index (χ3v) is 4.23. The van der Waals surface area contributed by atoms with Crippen LogP contribution in [-0.4, -0.2) is 89.4 Å². The van der Waals surface area contributed by atoms with Crippen molar-refractivity contribution < 1.29 is 42.5 Å². The van der Waals surface area contributed by atoms with Gasteiger partial charge in [0.05, 0.1) is 0 Å². The van der Waals surface area contributed by atoms with Crippen molar-refractivity contribution in [1.82, 2.24) is 20.3 Å². The number of rotatable bonds is 8. The Balaban J connectivity index is -0.000000105. The second-order valence-electron chi connectivity index (χ2n) is 10.3. The van der Waals surface area contributed by atoms with Crippen LogP contribution in [0.5, 0.6) is 0 Å². The molecule has 0 spiro atoms. The molecule has 9 heteroatoms. The average molecular weight is 517 g/mol. The van der Waals surface area contributed by atoms with E-state index in [4.69, 9.17) is 20.8 Å². The summed E-state index contributed by atoms with van der Waals surface area (Å²) in [7, 11) is 0. The predicted molar refractivity (Wildman–Crippen MR) is 136 cm³/mol. The van der Waals surface area contributed by atoms with E-state index in [1.165, 1.54) is 20.3 Å². The van der Waals surface area contributed by atoms with E-state index in [2.05, 4.69) is 0 Å². The van der Waals surface area contributed by atoms with Crippen LogP contribution in [0, 0.1) is 0 Å². The molecule has 0 radical (unpaired) electrons. The molecule has 0 heterocycles. The number of nitrogens with zero attached hydrogens (tertiary/aromatic N) is 4. The monoisotopic (exact) mass is 516 g/mol. The van der Waals surface area contributed by atoms with Crippen molar-refractivity contribution in [2.75, 3.05) is 0 Å². The van der Waals surface area contributed by atoms with Gasteiger partial charge in [-0.3, -0.25) is 0 Å². The number of hydrogen-bond donors (Lipinski definition) is 4. The first kappa shape index (κ1) is 43.5. The van der Waals surface area contributed by atoms with Crippen LogP contribution in [0.3, 0.4) is 0 Å². The minimum absolute atomic E-state index is 0. The average Bonchev–Trinajstić information content (AvgIpc) is 2.65. The van der Waals surface area contributed by atoms with Gasteiger partial charge < -0.3 is 20.8 Å². The maximum atomic E-state index is 9.04. The topological polar surface area (TPSA) is 93.9 Å². The molecule has 0 aromatic carbocycles. The van der Waals surface area contributed by atoms with E-state index in [1.54, 1.807) is 0 Å². The zero-order valence-electron chi connectivity index (χ0n) is 24.7. The second-order valence-corrected chi connectivity index (χ2v) is 10.3. The third-order valence-electron chi connectivity index (χ3n) is 4.23. The van der Waals surface area contributed by atoms with Gasteiger partial charge in [0.1, 0.15) is 0 Å². The Labute approximate surface area is 221 Å². The Morgan fingerprint density at radius 1 is 0.273 bits per heavy atom. The number of hydroxylamine groups is 8. The first-order valence-electron chi connectivity index (χ1n) is 12.1. The van der Waals surface area contributed by atoms with Crippen LogP contribution in [0.15, 0.2) is 0 Å². The molecule has 0 aliphatic carbocycles. The van der Waals surface area contributed by atoms with Gasteiger partial charge in [0, 0.05) is 70.1 Å². The minimum Gasteiger partial charge on any atom is -0.313 e. The first-order chi connectivity index (χ1) is 14.2. The van der Waals surface area contributed by atoms with Gasteiger partial charge in [-0.1, -0.05) is 0 Å². The zero-order valence-corrected chi connectivity index (χ0v) is 26.3. The molecule has 0 rings (SSSR count). The molecule has 0 aliphatic rings. The summed E-state index contributed by atoms with van der Waals surface area (Å²) in [6, 6.07) is 1.85. The summed E-state index contributed by atoms with van der Waals surface area (Å²) in [6.07, 6.45) is 0. The molecule has 8 nitrogen and oxygen atoms in total. The summed E-state index contributed by atoms with van der Waals surface area (Å²) in [6.45, 7) is 31.3. The summed E-state index contributed by atoms with van der Waals surface area (Å²) in [5.41, 5.74) is 0. The van der Waals surface area contributed by atoms with Gasteiger partial charge in [-0.05, 0) is 111 Å². The maximum absolute atomic E-state index is 9.04. The van der Waals surface area contributed by atoms with E-state index in [0.717, 1.165) is 0 Å². The molecule has 0 fully saturated rings. The quantitative estimate of drug-likeness (QED) is 0.231. The van der Waals surface area contributed by atoms with Crippen LogP contribution in [0.2, 0.25) is 0 Å². The van der Waals surface area contributed by atoms with Gasteiger partial charge in [0.15, 0.2) is 0 Å². The van der Waals surface area contributed by atoms with Crippen LogP contribution in [-0.2, 0) is 21.7 Å². The van der Waals surface area contributed by atoms with E-state index in [9.17, 15) is 0 Å².